The fraction of sp³-hybridized carbons (Fsp3) is 1.00. The third-order valence-corrected chi connectivity index (χ3v) is 2.20. The number of nitrogens with zero attached hydrogens (tertiary/aromatic N) is 1. The summed E-state index contributed by atoms with van der Waals surface area (Å²) in [6, 6.07) is 0. The maximum absolute atomic E-state index is 9.43. The molecule has 1 rings (SSSR count). The van der Waals surface area contributed by atoms with E-state index < -0.39 is 0 Å². The van der Waals surface area contributed by atoms with E-state index in [9.17, 15) is 5.11 Å². The van der Waals surface area contributed by atoms with Crippen LogP contribution in [0.15, 0.2) is 0 Å². The zero-order valence-corrected chi connectivity index (χ0v) is 8.45. The Hall–Kier alpha value is -0.120. The molecule has 72 valence electrons. The van der Waals surface area contributed by atoms with E-state index in [0.29, 0.717) is 0 Å². The lowest BCUT2D eigenvalue weighted by atomic mass is 10.1. The summed E-state index contributed by atoms with van der Waals surface area (Å²) in [6.45, 7) is 2.90. The molecule has 0 aliphatic carbocycles. The van der Waals surface area contributed by atoms with Gasteiger partial charge in [0.05, 0.1) is 33.4 Å². The minimum absolute atomic E-state index is 0.0153. The number of aliphatic hydroxyl groups excluding tert-OH is 1. The number of aliphatic hydroxyl groups is 1. The molecule has 0 unspecified atom stereocenters. The Bertz CT molecular complexity index is 143. The van der Waals surface area contributed by atoms with E-state index >= 15 is 0 Å². The van der Waals surface area contributed by atoms with E-state index in [4.69, 9.17) is 4.74 Å². The van der Waals surface area contributed by atoms with Gasteiger partial charge in [-0.05, 0) is 6.92 Å². The van der Waals surface area contributed by atoms with Gasteiger partial charge in [0.25, 0.3) is 0 Å². The zero-order chi connectivity index (χ0) is 9.35. The first-order valence-corrected chi connectivity index (χ1v) is 4.52. The molecule has 1 fully saturated rings. The molecule has 0 saturated carbocycles. The lowest BCUT2D eigenvalue weighted by Gasteiger charge is -2.26. The largest absolute Gasteiger partial charge is 0.390 e. The summed E-state index contributed by atoms with van der Waals surface area (Å²) in [5, 5.41) is 9.43. The normalized spacial score (nSPS) is 37.2. The predicted octanol–water partition coefficient (Wildman–Crippen LogP) is 0.231. The van der Waals surface area contributed by atoms with E-state index in [1.807, 2.05) is 6.92 Å². The molecular formula is C9H20NO2+. The molecule has 1 aliphatic heterocycles. The van der Waals surface area contributed by atoms with Gasteiger partial charge in [0.1, 0.15) is 12.6 Å². The average molecular weight is 174 g/mol. The highest BCUT2D eigenvalue weighted by Crippen LogP contribution is 2.21. The molecular weight excluding hydrogens is 154 g/mol. The van der Waals surface area contributed by atoms with Crippen LogP contribution in [0.5, 0.6) is 0 Å². The molecule has 12 heavy (non-hydrogen) atoms. The van der Waals surface area contributed by atoms with E-state index in [1.165, 1.54) is 0 Å². The van der Waals surface area contributed by atoms with Crippen LogP contribution in [0, 0.1) is 0 Å². The molecule has 3 atom stereocenters. The van der Waals surface area contributed by atoms with Crippen LogP contribution in [0.1, 0.15) is 13.3 Å². The second-order valence-corrected chi connectivity index (χ2v) is 4.74. The summed E-state index contributed by atoms with van der Waals surface area (Å²) in [5.74, 6) is 0. The smallest absolute Gasteiger partial charge is 0.109 e. The monoisotopic (exact) mass is 174 g/mol. The predicted molar refractivity (Wildman–Crippen MR) is 47.9 cm³/mol. The first-order chi connectivity index (χ1) is 5.38. The molecule has 0 radical (unpaired) electrons. The third-order valence-electron chi connectivity index (χ3n) is 2.20. The van der Waals surface area contributed by atoms with Crippen molar-refractivity contribution < 1.29 is 14.3 Å². The molecule has 1 N–H and O–H groups in total. The first kappa shape index (κ1) is 9.96. The Morgan fingerprint density at radius 1 is 1.42 bits per heavy atom. The van der Waals surface area contributed by atoms with Gasteiger partial charge in [-0.2, -0.15) is 0 Å². The average Bonchev–Trinajstić information content (AvgIpc) is 2.07. The van der Waals surface area contributed by atoms with Gasteiger partial charge in [-0.3, -0.25) is 0 Å². The molecule has 0 aromatic heterocycles. The Morgan fingerprint density at radius 3 is 2.33 bits per heavy atom. The van der Waals surface area contributed by atoms with Gasteiger partial charge >= 0.3 is 0 Å². The minimum atomic E-state index is -0.262. The number of quaternary nitrogens is 1. The molecule has 0 aromatic carbocycles. The van der Waals surface area contributed by atoms with Crippen LogP contribution < -0.4 is 0 Å². The Morgan fingerprint density at radius 2 is 2.00 bits per heavy atom. The van der Waals surface area contributed by atoms with Crippen LogP contribution in [0.3, 0.4) is 0 Å². The molecule has 3 nitrogen and oxygen atoms in total. The standard InChI is InChI=1S/C9H20NO2/c1-7-9(11)5-8(12-7)6-10(2,3)4/h7-9,11H,5-6H2,1-4H3/q+1/t7-,8+,9+/m0/s1. The summed E-state index contributed by atoms with van der Waals surface area (Å²) in [5.41, 5.74) is 0. The van der Waals surface area contributed by atoms with Gasteiger partial charge in [0.15, 0.2) is 0 Å². The van der Waals surface area contributed by atoms with Crippen molar-refractivity contribution in [2.24, 2.45) is 0 Å². The van der Waals surface area contributed by atoms with Crippen molar-refractivity contribution in [1.82, 2.24) is 0 Å². The molecule has 0 spiro atoms. The third kappa shape index (κ3) is 2.73. The highest BCUT2D eigenvalue weighted by molar-refractivity contribution is 4.78. The maximum Gasteiger partial charge on any atom is 0.109 e. The van der Waals surface area contributed by atoms with Crippen molar-refractivity contribution in [2.75, 3.05) is 27.7 Å². The Balaban J connectivity index is 2.38. The van der Waals surface area contributed by atoms with Crippen LogP contribution in [0.25, 0.3) is 0 Å². The number of hydrogen-bond donors (Lipinski definition) is 1. The Labute approximate surface area is 74.5 Å². The number of likely N-dealkylation sites (N-methyl/N-ethyl adjacent to an activating group) is 1. The summed E-state index contributed by atoms with van der Waals surface area (Å²) in [7, 11) is 6.41. The van der Waals surface area contributed by atoms with Gasteiger partial charge in [-0.1, -0.05) is 0 Å². The number of ether oxygens (including phenoxy) is 1. The van der Waals surface area contributed by atoms with Gasteiger partial charge in [0, 0.05) is 6.42 Å². The van der Waals surface area contributed by atoms with Crippen molar-refractivity contribution in [2.45, 2.75) is 31.7 Å². The minimum Gasteiger partial charge on any atom is -0.390 e. The lowest BCUT2D eigenvalue weighted by molar-refractivity contribution is -0.873. The SMILES string of the molecule is C[C@@H]1O[C@@H](C[N+](C)(C)C)C[C@H]1O. The molecule has 1 saturated heterocycles. The summed E-state index contributed by atoms with van der Waals surface area (Å²) in [4.78, 5) is 0. The van der Waals surface area contributed by atoms with Crippen LogP contribution >= 0.6 is 0 Å². The van der Waals surface area contributed by atoms with Crippen LogP contribution in [-0.2, 0) is 4.74 Å². The zero-order valence-electron chi connectivity index (χ0n) is 8.45. The second kappa shape index (κ2) is 3.32. The van der Waals surface area contributed by atoms with Crippen molar-refractivity contribution in [1.29, 1.82) is 0 Å². The number of rotatable bonds is 2. The first-order valence-electron chi connectivity index (χ1n) is 4.52. The summed E-state index contributed by atoms with van der Waals surface area (Å²) >= 11 is 0. The van der Waals surface area contributed by atoms with Crippen molar-refractivity contribution in [3.63, 3.8) is 0 Å². The molecule has 1 aliphatic rings. The van der Waals surface area contributed by atoms with Crippen molar-refractivity contribution in [3.8, 4) is 0 Å². The van der Waals surface area contributed by atoms with E-state index in [2.05, 4.69) is 21.1 Å². The molecule has 3 heteroatoms. The van der Waals surface area contributed by atoms with E-state index in [-0.39, 0.29) is 18.3 Å². The lowest BCUT2D eigenvalue weighted by Crippen LogP contribution is -2.41. The number of hydrogen-bond acceptors (Lipinski definition) is 2. The van der Waals surface area contributed by atoms with Crippen LogP contribution in [0.2, 0.25) is 0 Å². The highest BCUT2D eigenvalue weighted by Gasteiger charge is 2.33. The fourth-order valence-corrected chi connectivity index (χ4v) is 1.64. The van der Waals surface area contributed by atoms with Gasteiger partial charge < -0.3 is 14.3 Å². The van der Waals surface area contributed by atoms with Gasteiger partial charge in [0.2, 0.25) is 0 Å². The van der Waals surface area contributed by atoms with Crippen LogP contribution in [0.4, 0.5) is 0 Å². The summed E-state index contributed by atoms with van der Waals surface area (Å²) < 4.78 is 6.48. The van der Waals surface area contributed by atoms with E-state index in [1.54, 1.807) is 0 Å². The van der Waals surface area contributed by atoms with Gasteiger partial charge in [-0.25, -0.2) is 0 Å². The van der Waals surface area contributed by atoms with Crippen LogP contribution in [-0.4, -0.2) is 55.6 Å². The quantitative estimate of drug-likeness (QED) is 0.607. The van der Waals surface area contributed by atoms with Crippen molar-refractivity contribution >= 4 is 0 Å². The summed E-state index contributed by atoms with van der Waals surface area (Å²) in [6.07, 6.45) is 0.773. The topological polar surface area (TPSA) is 29.5 Å². The molecule has 0 bridgehead atoms. The second-order valence-electron chi connectivity index (χ2n) is 4.74. The van der Waals surface area contributed by atoms with Crippen molar-refractivity contribution in [3.05, 3.63) is 0 Å². The molecule has 1 heterocycles. The fourth-order valence-electron chi connectivity index (χ4n) is 1.64. The maximum atomic E-state index is 9.43. The van der Waals surface area contributed by atoms with E-state index in [0.717, 1.165) is 17.4 Å². The molecule has 0 amide bonds. The molecule has 0 aromatic rings. The Kier molecular flexibility index (Phi) is 2.76. The van der Waals surface area contributed by atoms with Gasteiger partial charge in [-0.15, -0.1) is 0 Å². The highest BCUT2D eigenvalue weighted by atomic mass is 16.5.